The van der Waals surface area contributed by atoms with Gasteiger partial charge in [-0.1, -0.05) is 18.1 Å². The van der Waals surface area contributed by atoms with Crippen LogP contribution in [-0.2, 0) is 0 Å². The summed E-state index contributed by atoms with van der Waals surface area (Å²) in [6.45, 7) is 1.71. The van der Waals surface area contributed by atoms with Crippen molar-refractivity contribution in [3.05, 3.63) is 58.5 Å². The summed E-state index contributed by atoms with van der Waals surface area (Å²) in [5.74, 6) is -0.397. The maximum Gasteiger partial charge on any atom is 0.149 e. The van der Waals surface area contributed by atoms with Crippen LogP contribution < -0.4 is 0 Å². The van der Waals surface area contributed by atoms with Crippen molar-refractivity contribution in [1.82, 2.24) is 9.78 Å². The van der Waals surface area contributed by atoms with Crippen molar-refractivity contribution in [2.45, 2.75) is 13.0 Å². The van der Waals surface area contributed by atoms with E-state index in [0.29, 0.717) is 11.3 Å². The standard InChI is InChI=1S/C11H10FN5/c1-8(15-16-13)9-3-4-11(10(12)7-9)17-6-2-5-14-17/h2-8H,1H3/t8-/m0/s1. The molecule has 86 valence electrons. The predicted molar refractivity (Wildman–Crippen MR) is 61.1 cm³/mol. The lowest BCUT2D eigenvalue weighted by atomic mass is 10.1. The molecular weight excluding hydrogens is 221 g/mol. The van der Waals surface area contributed by atoms with Gasteiger partial charge in [-0.2, -0.15) is 5.10 Å². The number of nitrogens with zero attached hydrogens (tertiary/aromatic N) is 5. The molecule has 0 aliphatic carbocycles. The van der Waals surface area contributed by atoms with E-state index in [1.165, 1.54) is 10.7 Å². The van der Waals surface area contributed by atoms with Gasteiger partial charge in [-0.25, -0.2) is 9.07 Å². The number of benzene rings is 1. The smallest absolute Gasteiger partial charge is 0.149 e. The Bertz CT molecular complexity index is 557. The van der Waals surface area contributed by atoms with Crippen molar-refractivity contribution in [3.8, 4) is 5.69 Å². The Labute approximate surface area is 97.1 Å². The molecule has 2 rings (SSSR count). The van der Waals surface area contributed by atoms with Gasteiger partial charge in [0.2, 0.25) is 0 Å². The Morgan fingerprint density at radius 2 is 2.35 bits per heavy atom. The van der Waals surface area contributed by atoms with Crippen LogP contribution >= 0.6 is 0 Å². The molecule has 0 aliphatic heterocycles. The fourth-order valence-corrected chi connectivity index (χ4v) is 1.52. The Balaban J connectivity index is 2.38. The minimum Gasteiger partial charge on any atom is -0.238 e. The number of rotatable bonds is 3. The lowest BCUT2D eigenvalue weighted by Gasteiger charge is -2.08. The van der Waals surface area contributed by atoms with Crippen LogP contribution in [0.1, 0.15) is 18.5 Å². The fraction of sp³-hybridized carbons (Fsp3) is 0.182. The van der Waals surface area contributed by atoms with Crippen LogP contribution in [0.4, 0.5) is 4.39 Å². The van der Waals surface area contributed by atoms with E-state index in [1.807, 2.05) is 0 Å². The van der Waals surface area contributed by atoms with E-state index < -0.39 is 5.82 Å². The van der Waals surface area contributed by atoms with Crippen LogP contribution in [-0.4, -0.2) is 9.78 Å². The molecule has 0 bridgehead atoms. The first kappa shape index (κ1) is 11.2. The Hall–Kier alpha value is -2.33. The monoisotopic (exact) mass is 231 g/mol. The number of hydrogen-bond donors (Lipinski definition) is 0. The summed E-state index contributed by atoms with van der Waals surface area (Å²) >= 11 is 0. The maximum absolute atomic E-state index is 13.8. The van der Waals surface area contributed by atoms with Gasteiger partial charge in [0.1, 0.15) is 11.5 Å². The first-order valence-electron chi connectivity index (χ1n) is 5.06. The molecule has 0 N–H and O–H groups in total. The number of halogens is 1. The molecule has 0 spiro atoms. The maximum atomic E-state index is 13.8. The third kappa shape index (κ3) is 2.26. The van der Waals surface area contributed by atoms with Crippen LogP contribution in [0.15, 0.2) is 41.8 Å². The van der Waals surface area contributed by atoms with Crippen LogP contribution in [0, 0.1) is 5.82 Å². The quantitative estimate of drug-likeness (QED) is 0.453. The summed E-state index contributed by atoms with van der Waals surface area (Å²) in [6, 6.07) is 6.02. The first-order valence-corrected chi connectivity index (χ1v) is 5.06. The van der Waals surface area contributed by atoms with Gasteiger partial charge in [-0.3, -0.25) is 0 Å². The zero-order valence-corrected chi connectivity index (χ0v) is 9.16. The van der Waals surface area contributed by atoms with Crippen LogP contribution in [0.3, 0.4) is 0 Å². The van der Waals surface area contributed by atoms with E-state index in [1.54, 1.807) is 37.5 Å². The highest BCUT2D eigenvalue weighted by molar-refractivity contribution is 5.36. The average Bonchev–Trinajstić information content (AvgIpc) is 2.82. The molecule has 1 aromatic heterocycles. The van der Waals surface area contributed by atoms with Gasteiger partial charge in [-0.05, 0) is 29.3 Å². The van der Waals surface area contributed by atoms with E-state index in [-0.39, 0.29) is 6.04 Å². The Kier molecular flexibility index (Phi) is 3.07. The molecule has 1 heterocycles. The molecule has 5 nitrogen and oxygen atoms in total. The van der Waals surface area contributed by atoms with Crippen molar-refractivity contribution < 1.29 is 4.39 Å². The molecule has 0 amide bonds. The van der Waals surface area contributed by atoms with Crippen molar-refractivity contribution in [1.29, 1.82) is 0 Å². The number of hydrogen-bond acceptors (Lipinski definition) is 2. The summed E-state index contributed by atoms with van der Waals surface area (Å²) in [7, 11) is 0. The van der Waals surface area contributed by atoms with E-state index in [9.17, 15) is 4.39 Å². The molecule has 0 saturated carbocycles. The summed E-state index contributed by atoms with van der Waals surface area (Å²) in [4.78, 5) is 2.70. The van der Waals surface area contributed by atoms with Gasteiger partial charge in [0.15, 0.2) is 0 Å². The normalized spacial score (nSPS) is 11.9. The molecular formula is C11H10FN5. The predicted octanol–water partition coefficient (Wildman–Crippen LogP) is 3.38. The molecule has 1 aromatic carbocycles. The lowest BCUT2D eigenvalue weighted by Crippen LogP contribution is -1.99. The second-order valence-electron chi connectivity index (χ2n) is 3.54. The summed E-state index contributed by atoms with van der Waals surface area (Å²) in [5, 5.41) is 7.47. The van der Waals surface area contributed by atoms with E-state index in [0.717, 1.165) is 0 Å². The first-order chi connectivity index (χ1) is 8.22. The van der Waals surface area contributed by atoms with Crippen molar-refractivity contribution >= 4 is 0 Å². The molecule has 0 radical (unpaired) electrons. The van der Waals surface area contributed by atoms with Crippen molar-refractivity contribution in [3.63, 3.8) is 0 Å². The molecule has 1 atom stereocenters. The third-order valence-corrected chi connectivity index (χ3v) is 2.43. The number of azide groups is 1. The minimum absolute atomic E-state index is 0.367. The lowest BCUT2D eigenvalue weighted by molar-refractivity contribution is 0.605. The average molecular weight is 231 g/mol. The van der Waals surface area contributed by atoms with Crippen LogP contribution in [0.25, 0.3) is 16.1 Å². The number of aromatic nitrogens is 2. The molecule has 0 saturated heterocycles. The molecule has 6 heteroatoms. The topological polar surface area (TPSA) is 66.6 Å². The minimum atomic E-state index is -0.397. The fourth-order valence-electron chi connectivity index (χ4n) is 1.52. The van der Waals surface area contributed by atoms with Gasteiger partial charge >= 0.3 is 0 Å². The molecule has 0 aliphatic rings. The third-order valence-electron chi connectivity index (χ3n) is 2.43. The largest absolute Gasteiger partial charge is 0.238 e. The zero-order chi connectivity index (χ0) is 12.3. The summed E-state index contributed by atoms with van der Waals surface area (Å²) < 4.78 is 15.3. The van der Waals surface area contributed by atoms with Crippen molar-refractivity contribution in [2.75, 3.05) is 0 Å². The van der Waals surface area contributed by atoms with Gasteiger partial charge in [0, 0.05) is 17.3 Å². The van der Waals surface area contributed by atoms with E-state index in [2.05, 4.69) is 15.1 Å². The SMILES string of the molecule is C[C@H](N=[N+]=[N-])c1ccc(-n2cccn2)c(F)c1. The van der Waals surface area contributed by atoms with Gasteiger partial charge in [0.25, 0.3) is 0 Å². The molecule has 0 unspecified atom stereocenters. The van der Waals surface area contributed by atoms with E-state index >= 15 is 0 Å². The molecule has 0 fully saturated rings. The highest BCUT2D eigenvalue weighted by Gasteiger charge is 2.09. The van der Waals surface area contributed by atoms with Crippen LogP contribution in [0.5, 0.6) is 0 Å². The van der Waals surface area contributed by atoms with Crippen molar-refractivity contribution in [2.24, 2.45) is 5.11 Å². The zero-order valence-electron chi connectivity index (χ0n) is 9.16. The van der Waals surface area contributed by atoms with Gasteiger partial charge in [-0.15, -0.1) is 0 Å². The second kappa shape index (κ2) is 4.67. The Morgan fingerprint density at radius 3 is 2.94 bits per heavy atom. The highest BCUT2D eigenvalue weighted by atomic mass is 19.1. The molecule has 17 heavy (non-hydrogen) atoms. The van der Waals surface area contributed by atoms with Gasteiger partial charge < -0.3 is 0 Å². The summed E-state index contributed by atoms with van der Waals surface area (Å²) in [6.07, 6.45) is 3.24. The van der Waals surface area contributed by atoms with E-state index in [4.69, 9.17) is 5.53 Å². The Morgan fingerprint density at radius 1 is 1.53 bits per heavy atom. The second-order valence-corrected chi connectivity index (χ2v) is 3.54. The summed E-state index contributed by atoms with van der Waals surface area (Å²) in [5.41, 5.74) is 9.33. The highest BCUT2D eigenvalue weighted by Crippen LogP contribution is 2.21. The molecule has 2 aromatic rings. The van der Waals surface area contributed by atoms with Crippen LogP contribution in [0.2, 0.25) is 0 Å². The van der Waals surface area contributed by atoms with Gasteiger partial charge in [0.05, 0.1) is 6.04 Å².